The number of nitrogens with one attached hydrogen (secondary N) is 1. The third-order valence-corrected chi connectivity index (χ3v) is 6.39. The molecule has 29 heavy (non-hydrogen) atoms. The summed E-state index contributed by atoms with van der Waals surface area (Å²) >= 11 is 1.76. The van der Waals surface area contributed by atoms with Gasteiger partial charge in [0.15, 0.2) is 0 Å². The fraction of sp³-hybridized carbons (Fsp3) is 0.240. The van der Waals surface area contributed by atoms with Crippen molar-refractivity contribution in [3.8, 4) is 0 Å². The van der Waals surface area contributed by atoms with E-state index in [1.165, 1.54) is 21.6 Å². The first-order chi connectivity index (χ1) is 14.1. The van der Waals surface area contributed by atoms with Crippen molar-refractivity contribution in [1.82, 2.24) is 10.2 Å². The van der Waals surface area contributed by atoms with Gasteiger partial charge in [-0.3, -0.25) is 0 Å². The van der Waals surface area contributed by atoms with E-state index in [4.69, 9.17) is 0 Å². The molecule has 0 fully saturated rings. The molecule has 0 saturated heterocycles. The number of thioether (sulfide) groups is 1. The van der Waals surface area contributed by atoms with Gasteiger partial charge in [0.05, 0.1) is 0 Å². The minimum absolute atomic E-state index is 0.0379. The summed E-state index contributed by atoms with van der Waals surface area (Å²) in [6.07, 6.45) is 13.0. The van der Waals surface area contributed by atoms with E-state index >= 15 is 0 Å². The van der Waals surface area contributed by atoms with Crippen LogP contribution in [0.2, 0.25) is 0 Å². The molecular formula is C25H26N2OS. The van der Waals surface area contributed by atoms with Crippen LogP contribution >= 0.6 is 11.8 Å². The number of hydrogen-bond acceptors (Lipinski definition) is 2. The van der Waals surface area contributed by atoms with E-state index < -0.39 is 0 Å². The van der Waals surface area contributed by atoms with Gasteiger partial charge in [-0.25, -0.2) is 4.79 Å². The lowest BCUT2D eigenvalue weighted by molar-refractivity contribution is 0.194. The van der Waals surface area contributed by atoms with Crippen LogP contribution in [0.4, 0.5) is 4.79 Å². The average molecular weight is 403 g/mol. The zero-order chi connectivity index (χ0) is 20.2. The van der Waals surface area contributed by atoms with Crippen molar-refractivity contribution in [2.45, 2.75) is 30.2 Å². The molecule has 0 saturated carbocycles. The van der Waals surface area contributed by atoms with E-state index in [0.717, 1.165) is 24.1 Å². The van der Waals surface area contributed by atoms with Crippen molar-refractivity contribution in [3.63, 3.8) is 0 Å². The van der Waals surface area contributed by atoms with Crippen LogP contribution in [0.3, 0.4) is 0 Å². The van der Waals surface area contributed by atoms with Crippen LogP contribution in [0.15, 0.2) is 83.4 Å². The van der Waals surface area contributed by atoms with Crippen molar-refractivity contribution in [2.24, 2.45) is 0 Å². The number of carbonyl (C=O) groups excluding carboxylic acids is 1. The Morgan fingerprint density at radius 1 is 1.07 bits per heavy atom. The van der Waals surface area contributed by atoms with Gasteiger partial charge in [-0.05, 0) is 59.6 Å². The number of hydrogen-bond donors (Lipinski definition) is 1. The lowest BCUT2D eigenvalue weighted by atomic mass is 10.1. The van der Waals surface area contributed by atoms with Crippen LogP contribution in [-0.4, -0.2) is 30.3 Å². The third-order valence-electron chi connectivity index (χ3n) is 5.67. The fourth-order valence-corrected chi connectivity index (χ4v) is 4.37. The second kappa shape index (κ2) is 8.75. The largest absolute Gasteiger partial charge is 0.324 e. The quantitative estimate of drug-likeness (QED) is 0.690. The summed E-state index contributed by atoms with van der Waals surface area (Å²) in [6.45, 7) is 0. The number of likely N-dealkylation sites (N-methyl/N-ethyl adjacent to an activating group) is 1. The molecule has 1 unspecified atom stereocenters. The Hall–Kier alpha value is -2.72. The normalized spacial score (nSPS) is 17.8. The van der Waals surface area contributed by atoms with Gasteiger partial charge in [0.25, 0.3) is 0 Å². The van der Waals surface area contributed by atoms with Crippen LogP contribution in [0.1, 0.15) is 23.1 Å². The van der Waals surface area contributed by atoms with Gasteiger partial charge in [0.1, 0.15) is 0 Å². The maximum atomic E-state index is 12.9. The highest BCUT2D eigenvalue weighted by atomic mass is 32.2. The van der Waals surface area contributed by atoms with Crippen molar-refractivity contribution in [1.29, 1.82) is 0 Å². The zero-order valence-electron chi connectivity index (χ0n) is 16.9. The molecular weight excluding hydrogens is 376 g/mol. The minimum Gasteiger partial charge on any atom is -0.324 e. The van der Waals surface area contributed by atoms with Gasteiger partial charge in [0, 0.05) is 30.1 Å². The highest BCUT2D eigenvalue weighted by Gasteiger charge is 2.28. The highest BCUT2D eigenvalue weighted by Crippen LogP contribution is 2.29. The fourth-order valence-electron chi connectivity index (χ4n) is 3.91. The SMILES string of the molecule is CSc1ccc2c(c1)CC(N(C)C(=O)NC1=CC=C(c3ccccc3)C=CC1)C2. The number of allylic oxidation sites excluding steroid dienone is 5. The molecule has 4 heteroatoms. The lowest BCUT2D eigenvalue weighted by Crippen LogP contribution is -2.43. The molecule has 1 N–H and O–H groups in total. The molecule has 2 aliphatic rings. The molecule has 2 amide bonds. The predicted molar refractivity (Wildman–Crippen MR) is 122 cm³/mol. The van der Waals surface area contributed by atoms with E-state index in [1.54, 1.807) is 11.8 Å². The Labute approximate surface area is 177 Å². The Balaban J connectivity index is 1.41. The number of rotatable bonds is 4. The van der Waals surface area contributed by atoms with Gasteiger partial charge in [-0.1, -0.05) is 54.6 Å². The summed E-state index contributed by atoms with van der Waals surface area (Å²) in [4.78, 5) is 16.0. The average Bonchev–Trinajstić information content (AvgIpc) is 3.05. The number of urea groups is 1. The van der Waals surface area contributed by atoms with Crippen molar-refractivity contribution in [2.75, 3.05) is 13.3 Å². The van der Waals surface area contributed by atoms with Crippen molar-refractivity contribution < 1.29 is 4.79 Å². The van der Waals surface area contributed by atoms with Gasteiger partial charge in [0.2, 0.25) is 0 Å². The molecule has 148 valence electrons. The smallest absolute Gasteiger partial charge is 0.321 e. The molecule has 0 radical (unpaired) electrons. The van der Waals surface area contributed by atoms with E-state index in [9.17, 15) is 4.79 Å². The Morgan fingerprint density at radius 2 is 1.86 bits per heavy atom. The molecule has 1 atom stereocenters. The maximum Gasteiger partial charge on any atom is 0.321 e. The first-order valence-corrected chi connectivity index (χ1v) is 11.2. The minimum atomic E-state index is -0.0379. The lowest BCUT2D eigenvalue weighted by Gasteiger charge is -2.25. The molecule has 2 aliphatic carbocycles. The monoisotopic (exact) mass is 402 g/mol. The second-order valence-corrected chi connectivity index (χ2v) is 8.40. The molecule has 4 rings (SSSR count). The zero-order valence-corrected chi connectivity index (χ0v) is 17.7. The number of fused-ring (bicyclic) bond motifs is 1. The highest BCUT2D eigenvalue weighted by molar-refractivity contribution is 7.98. The van der Waals surface area contributed by atoms with E-state index in [1.807, 2.05) is 36.2 Å². The van der Waals surface area contributed by atoms with Gasteiger partial charge in [-0.15, -0.1) is 11.8 Å². The molecule has 0 spiro atoms. The molecule has 0 heterocycles. The van der Waals surface area contributed by atoms with Gasteiger partial charge < -0.3 is 10.2 Å². The summed E-state index contributed by atoms with van der Waals surface area (Å²) in [5.41, 5.74) is 5.98. The number of carbonyl (C=O) groups is 1. The summed E-state index contributed by atoms with van der Waals surface area (Å²) in [5, 5.41) is 3.11. The van der Waals surface area contributed by atoms with Crippen molar-refractivity contribution in [3.05, 3.63) is 95.2 Å². The Bertz CT molecular complexity index is 991. The number of amides is 2. The summed E-state index contributed by atoms with van der Waals surface area (Å²) in [6, 6.07) is 17.1. The second-order valence-electron chi connectivity index (χ2n) is 7.52. The van der Waals surface area contributed by atoms with Gasteiger partial charge in [-0.2, -0.15) is 0 Å². The number of benzene rings is 2. The van der Waals surface area contributed by atoms with Crippen LogP contribution in [0.5, 0.6) is 0 Å². The molecule has 2 aromatic carbocycles. The first-order valence-electron chi connectivity index (χ1n) is 9.96. The Morgan fingerprint density at radius 3 is 2.66 bits per heavy atom. The van der Waals surface area contributed by atoms with Crippen LogP contribution in [-0.2, 0) is 12.8 Å². The molecule has 0 aromatic heterocycles. The standard InChI is InChI=1S/C25H26N2OS/c1-27(23-15-20-12-14-24(29-2)17-21(20)16-23)25(28)26-22-10-6-9-19(11-13-22)18-7-4-3-5-8-18/h3-9,11-14,17,23H,10,15-16H2,1-2H3,(H,26,28). The van der Waals surface area contributed by atoms with Crippen LogP contribution in [0.25, 0.3) is 5.57 Å². The molecule has 0 aliphatic heterocycles. The van der Waals surface area contributed by atoms with Crippen LogP contribution < -0.4 is 5.32 Å². The van der Waals surface area contributed by atoms with E-state index in [2.05, 4.69) is 60.1 Å². The predicted octanol–water partition coefficient (Wildman–Crippen LogP) is 5.44. The number of nitrogens with zero attached hydrogens (tertiary/aromatic N) is 1. The van der Waals surface area contributed by atoms with E-state index in [-0.39, 0.29) is 12.1 Å². The third kappa shape index (κ3) is 4.48. The molecule has 3 nitrogen and oxygen atoms in total. The maximum absolute atomic E-state index is 12.9. The van der Waals surface area contributed by atoms with Crippen LogP contribution in [0, 0.1) is 0 Å². The topological polar surface area (TPSA) is 32.3 Å². The Kier molecular flexibility index (Phi) is 5.91. The van der Waals surface area contributed by atoms with Crippen molar-refractivity contribution >= 4 is 23.4 Å². The van der Waals surface area contributed by atoms with Gasteiger partial charge >= 0.3 is 6.03 Å². The molecule has 0 bridgehead atoms. The molecule has 2 aromatic rings. The summed E-state index contributed by atoms with van der Waals surface area (Å²) in [5.74, 6) is 0. The van der Waals surface area contributed by atoms with E-state index in [0.29, 0.717) is 6.42 Å². The summed E-state index contributed by atoms with van der Waals surface area (Å²) in [7, 11) is 1.90. The summed E-state index contributed by atoms with van der Waals surface area (Å²) < 4.78 is 0. The first kappa shape index (κ1) is 19.6.